The van der Waals surface area contributed by atoms with Crippen molar-refractivity contribution in [3.63, 3.8) is 0 Å². The van der Waals surface area contributed by atoms with Crippen LogP contribution in [0.25, 0.3) is 0 Å². The summed E-state index contributed by atoms with van der Waals surface area (Å²) in [6.45, 7) is 9.23. The minimum absolute atomic E-state index is 0.0510. The molecule has 0 aliphatic carbocycles. The molecular weight excluding hydrogens is 418 g/mol. The molecule has 3 atom stereocenters. The first-order chi connectivity index (χ1) is 16.6. The third-order valence-corrected chi connectivity index (χ3v) is 7.64. The number of rotatable bonds is 22. The van der Waals surface area contributed by atoms with Gasteiger partial charge in [0, 0.05) is 20.3 Å². The van der Waals surface area contributed by atoms with E-state index in [1.54, 1.807) is 6.92 Å². The van der Waals surface area contributed by atoms with Gasteiger partial charge in [0.25, 0.3) is 0 Å². The zero-order valence-corrected chi connectivity index (χ0v) is 23.3. The van der Waals surface area contributed by atoms with Crippen molar-refractivity contribution >= 4 is 5.91 Å². The van der Waals surface area contributed by atoms with Crippen molar-refractivity contribution in [2.45, 2.75) is 156 Å². The molecular formula is C30H58N3O+. The van der Waals surface area contributed by atoms with Crippen LogP contribution in [0.2, 0.25) is 0 Å². The van der Waals surface area contributed by atoms with E-state index in [1.165, 1.54) is 109 Å². The predicted molar refractivity (Wildman–Crippen MR) is 148 cm³/mol. The SMILES string of the molecule is CCCCCCCCCCCC/C=C/CCCCCCCC1NC=C[N+]1(CC)C(C)NC(C)=O. The highest BCUT2D eigenvalue weighted by Gasteiger charge is 2.41. The second-order valence-corrected chi connectivity index (χ2v) is 10.5. The van der Waals surface area contributed by atoms with Crippen molar-refractivity contribution in [3.8, 4) is 0 Å². The van der Waals surface area contributed by atoms with Gasteiger partial charge in [0.15, 0.2) is 12.3 Å². The molecule has 0 radical (unpaired) electrons. The molecule has 3 unspecified atom stereocenters. The lowest BCUT2D eigenvalue weighted by atomic mass is 10.1. The number of nitrogens with zero attached hydrogens (tertiary/aromatic N) is 1. The number of quaternary nitrogens is 1. The molecule has 0 bridgehead atoms. The Kier molecular flexibility index (Phi) is 18.0. The fourth-order valence-electron chi connectivity index (χ4n) is 5.39. The Bertz CT molecular complexity index is 559. The lowest BCUT2D eigenvalue weighted by Crippen LogP contribution is -2.62. The summed E-state index contributed by atoms with van der Waals surface area (Å²) >= 11 is 0. The third kappa shape index (κ3) is 13.0. The highest BCUT2D eigenvalue weighted by molar-refractivity contribution is 5.72. The molecule has 4 heteroatoms. The topological polar surface area (TPSA) is 41.1 Å². The van der Waals surface area contributed by atoms with Crippen LogP contribution in [0.1, 0.15) is 143 Å². The number of allylic oxidation sites excluding steroid dienone is 2. The van der Waals surface area contributed by atoms with Crippen LogP contribution in [-0.2, 0) is 4.79 Å². The van der Waals surface area contributed by atoms with E-state index in [2.05, 4.69) is 56.0 Å². The van der Waals surface area contributed by atoms with Crippen LogP contribution in [-0.4, -0.2) is 29.3 Å². The van der Waals surface area contributed by atoms with E-state index >= 15 is 0 Å². The number of hydrogen-bond donors (Lipinski definition) is 2. The Morgan fingerprint density at radius 2 is 1.35 bits per heavy atom. The number of nitrogens with one attached hydrogen (secondary N) is 2. The summed E-state index contributed by atoms with van der Waals surface area (Å²) < 4.78 is 0.809. The van der Waals surface area contributed by atoms with Gasteiger partial charge in [-0.3, -0.25) is 9.28 Å². The molecule has 1 rings (SSSR count). The van der Waals surface area contributed by atoms with Crippen molar-refractivity contribution in [2.24, 2.45) is 0 Å². The Morgan fingerprint density at radius 3 is 1.85 bits per heavy atom. The second-order valence-electron chi connectivity index (χ2n) is 10.5. The van der Waals surface area contributed by atoms with Crippen LogP contribution < -0.4 is 10.6 Å². The van der Waals surface area contributed by atoms with Crippen LogP contribution in [0.5, 0.6) is 0 Å². The van der Waals surface area contributed by atoms with Crippen LogP contribution in [0.4, 0.5) is 0 Å². The molecule has 1 aliphatic heterocycles. The van der Waals surface area contributed by atoms with E-state index in [9.17, 15) is 4.79 Å². The largest absolute Gasteiger partial charge is 0.338 e. The molecule has 198 valence electrons. The minimum Gasteiger partial charge on any atom is -0.338 e. The fraction of sp³-hybridized carbons (Fsp3) is 0.833. The molecule has 34 heavy (non-hydrogen) atoms. The van der Waals surface area contributed by atoms with Gasteiger partial charge in [-0.15, -0.1) is 0 Å². The van der Waals surface area contributed by atoms with E-state index in [4.69, 9.17) is 0 Å². The molecule has 0 fully saturated rings. The molecule has 0 saturated carbocycles. The van der Waals surface area contributed by atoms with Gasteiger partial charge in [0.05, 0.1) is 12.7 Å². The first-order valence-electron chi connectivity index (χ1n) is 14.8. The van der Waals surface area contributed by atoms with Crippen LogP contribution in [0, 0.1) is 0 Å². The summed E-state index contributed by atoms with van der Waals surface area (Å²) in [7, 11) is 0. The molecule has 2 N–H and O–H groups in total. The van der Waals surface area contributed by atoms with Gasteiger partial charge in [0.1, 0.15) is 6.20 Å². The van der Waals surface area contributed by atoms with Crippen LogP contribution in [0.3, 0.4) is 0 Å². The second kappa shape index (κ2) is 20.0. The highest BCUT2D eigenvalue weighted by Crippen LogP contribution is 2.26. The molecule has 1 heterocycles. The quantitative estimate of drug-likeness (QED) is 0.0937. The Labute approximate surface area is 212 Å². The van der Waals surface area contributed by atoms with Crippen molar-refractivity contribution in [2.75, 3.05) is 6.54 Å². The Hall–Kier alpha value is -1.29. The van der Waals surface area contributed by atoms with E-state index in [1.807, 2.05) is 0 Å². The van der Waals surface area contributed by atoms with Crippen molar-refractivity contribution < 1.29 is 9.28 Å². The summed E-state index contributed by atoms with van der Waals surface area (Å²) in [4.78, 5) is 11.5. The average molecular weight is 477 g/mol. The summed E-state index contributed by atoms with van der Waals surface area (Å²) in [6.07, 6.45) is 34.1. The van der Waals surface area contributed by atoms with Gasteiger partial charge in [-0.25, -0.2) is 0 Å². The number of hydrogen-bond acceptors (Lipinski definition) is 2. The van der Waals surface area contributed by atoms with Gasteiger partial charge in [0.2, 0.25) is 5.91 Å². The maximum absolute atomic E-state index is 11.5. The lowest BCUT2D eigenvalue weighted by molar-refractivity contribution is -0.923. The molecule has 0 spiro atoms. The molecule has 0 aromatic carbocycles. The predicted octanol–water partition coefficient (Wildman–Crippen LogP) is 8.30. The summed E-state index contributed by atoms with van der Waals surface area (Å²) in [5.74, 6) is 0.0510. The smallest absolute Gasteiger partial charge is 0.221 e. The average Bonchev–Trinajstić information content (AvgIpc) is 3.24. The van der Waals surface area contributed by atoms with E-state index in [-0.39, 0.29) is 12.1 Å². The first-order valence-corrected chi connectivity index (χ1v) is 14.8. The highest BCUT2D eigenvalue weighted by atomic mass is 16.1. The molecule has 1 amide bonds. The summed E-state index contributed by atoms with van der Waals surface area (Å²) in [6, 6.07) is 0. The zero-order valence-electron chi connectivity index (χ0n) is 23.3. The summed E-state index contributed by atoms with van der Waals surface area (Å²) in [5, 5.41) is 6.65. The van der Waals surface area contributed by atoms with Gasteiger partial charge in [-0.05, 0) is 39.0 Å². The number of carbonyl (C=O) groups is 1. The summed E-state index contributed by atoms with van der Waals surface area (Å²) in [5.41, 5.74) is 0. The van der Waals surface area contributed by atoms with Crippen molar-refractivity contribution in [1.29, 1.82) is 0 Å². The number of amides is 1. The maximum Gasteiger partial charge on any atom is 0.221 e. The first kappa shape index (κ1) is 30.7. The van der Waals surface area contributed by atoms with Crippen LogP contribution in [0.15, 0.2) is 24.6 Å². The van der Waals surface area contributed by atoms with Crippen molar-refractivity contribution in [1.82, 2.24) is 10.6 Å². The lowest BCUT2D eigenvalue weighted by Gasteiger charge is -2.41. The monoisotopic (exact) mass is 476 g/mol. The Morgan fingerprint density at radius 1 is 0.853 bits per heavy atom. The molecule has 1 aliphatic rings. The van der Waals surface area contributed by atoms with Gasteiger partial charge in [-0.2, -0.15) is 0 Å². The maximum atomic E-state index is 11.5. The fourth-order valence-corrected chi connectivity index (χ4v) is 5.39. The van der Waals surface area contributed by atoms with Crippen molar-refractivity contribution in [3.05, 3.63) is 24.6 Å². The normalized spacial score (nSPS) is 20.6. The number of unbranched alkanes of at least 4 members (excludes halogenated alkanes) is 15. The van der Waals surface area contributed by atoms with Gasteiger partial charge in [-0.1, -0.05) is 96.1 Å². The standard InChI is InChI=1S/C30H57N3O/c1-5-7-8-9-10-11-12-13-14-15-16-17-18-19-20-21-22-23-24-25-30-31-26-27-33(30,6-2)28(3)32-29(4)34/h17-18,26-28,30-31H,5-16,19-25H2,1-4H3/p+1/b18-17+. The van der Waals surface area contributed by atoms with Gasteiger partial charge >= 0.3 is 0 Å². The van der Waals surface area contributed by atoms with E-state index < -0.39 is 0 Å². The van der Waals surface area contributed by atoms with Crippen LogP contribution >= 0.6 is 0 Å². The number of carbonyl (C=O) groups excluding carboxylic acids is 1. The minimum atomic E-state index is 0.0510. The molecule has 0 saturated heterocycles. The zero-order chi connectivity index (χ0) is 24.9. The molecule has 4 nitrogen and oxygen atoms in total. The third-order valence-electron chi connectivity index (χ3n) is 7.64. The molecule has 0 aromatic rings. The molecule has 0 aromatic heterocycles. The Balaban J connectivity index is 1.96. The van der Waals surface area contributed by atoms with Gasteiger partial charge < -0.3 is 10.6 Å². The van der Waals surface area contributed by atoms with E-state index in [0.29, 0.717) is 6.17 Å². The van der Waals surface area contributed by atoms with E-state index in [0.717, 1.165) is 17.4 Å².